The van der Waals surface area contributed by atoms with Crippen molar-refractivity contribution in [3.8, 4) is 0 Å². The van der Waals surface area contributed by atoms with Crippen LogP contribution in [-0.4, -0.2) is 45.0 Å². The van der Waals surface area contributed by atoms with Gasteiger partial charge >= 0.3 is 11.9 Å². The summed E-state index contributed by atoms with van der Waals surface area (Å²) < 4.78 is 0. The van der Waals surface area contributed by atoms with Gasteiger partial charge < -0.3 is 15.4 Å². The number of carboxylic acids is 2. The van der Waals surface area contributed by atoms with Gasteiger partial charge in [-0.25, -0.2) is 0 Å². The summed E-state index contributed by atoms with van der Waals surface area (Å²) in [5.74, 6) is -2.66. The van der Waals surface area contributed by atoms with Crippen LogP contribution in [0.4, 0.5) is 0 Å². The maximum absolute atomic E-state index is 10.5. The molecule has 70 valence electrons. The Bertz CT molecular complexity index is 202. The molecule has 0 aromatic rings. The number of likely N-dealkylation sites (N-methyl/N-ethyl adjacent to an activating group) is 1. The third kappa shape index (κ3) is 2.18. The average molecular weight is 177 g/mol. The van der Waals surface area contributed by atoms with Gasteiger partial charge in [0.25, 0.3) is 0 Å². The average Bonchev–Trinajstić information content (AvgIpc) is 1.84. The minimum absolute atomic E-state index is 0.378. The van der Waals surface area contributed by atoms with Gasteiger partial charge in [-0.2, -0.15) is 5.06 Å². The lowest BCUT2D eigenvalue weighted by molar-refractivity contribution is -0.189. The molecule has 12 heavy (non-hydrogen) atoms. The zero-order chi connectivity index (χ0) is 9.94. The van der Waals surface area contributed by atoms with E-state index in [0.29, 0.717) is 5.06 Å². The molecule has 3 N–H and O–H groups in total. The van der Waals surface area contributed by atoms with Gasteiger partial charge in [-0.15, -0.1) is 0 Å². The molecule has 0 aromatic carbocycles. The van der Waals surface area contributed by atoms with E-state index in [1.54, 1.807) is 0 Å². The maximum Gasteiger partial charge on any atom is 0.326 e. The molecule has 0 rings (SSSR count). The molecule has 0 spiro atoms. The number of hydrogen-bond acceptors (Lipinski definition) is 4. The molecule has 0 aliphatic rings. The predicted octanol–water partition coefficient (Wildman–Crippen LogP) is -0.375. The lowest BCUT2D eigenvalue weighted by Gasteiger charge is -2.28. The number of aliphatic carboxylic acids is 2. The number of hydrogen-bond donors (Lipinski definition) is 3. The molecule has 0 unspecified atom stereocenters. The molecule has 0 aliphatic heterocycles. The summed E-state index contributed by atoms with van der Waals surface area (Å²) in [6.07, 6.45) is -0.657. The van der Waals surface area contributed by atoms with Crippen molar-refractivity contribution in [2.45, 2.75) is 18.9 Å². The summed E-state index contributed by atoms with van der Waals surface area (Å²) in [5, 5.41) is 26.2. The molecule has 0 heterocycles. The van der Waals surface area contributed by atoms with Crippen LogP contribution in [0.15, 0.2) is 0 Å². The fourth-order valence-corrected chi connectivity index (χ4v) is 0.623. The summed E-state index contributed by atoms with van der Waals surface area (Å²) in [7, 11) is 1.09. The Morgan fingerprint density at radius 1 is 1.42 bits per heavy atom. The second-order valence-corrected chi connectivity index (χ2v) is 2.67. The van der Waals surface area contributed by atoms with Crippen LogP contribution in [0.5, 0.6) is 0 Å². The summed E-state index contributed by atoms with van der Waals surface area (Å²) in [6.45, 7) is 1.13. The quantitative estimate of drug-likeness (QED) is 0.506. The van der Waals surface area contributed by atoms with Gasteiger partial charge in [0.15, 0.2) is 0 Å². The molecule has 0 saturated carbocycles. The minimum atomic E-state index is -1.77. The smallest absolute Gasteiger partial charge is 0.326 e. The minimum Gasteiger partial charge on any atom is -0.481 e. The van der Waals surface area contributed by atoms with Crippen LogP contribution in [-0.2, 0) is 9.59 Å². The molecular weight excluding hydrogens is 166 g/mol. The summed E-state index contributed by atoms with van der Waals surface area (Å²) in [5.41, 5.74) is -1.77. The largest absolute Gasteiger partial charge is 0.481 e. The molecule has 1 atom stereocenters. The Labute approximate surface area is 69.0 Å². The zero-order valence-electron chi connectivity index (χ0n) is 6.81. The summed E-state index contributed by atoms with van der Waals surface area (Å²) >= 11 is 0. The Hall–Kier alpha value is -1.14. The molecule has 6 heteroatoms. The van der Waals surface area contributed by atoms with E-state index in [1.165, 1.54) is 0 Å². The lowest BCUT2D eigenvalue weighted by atomic mass is 9.98. The van der Waals surface area contributed by atoms with Gasteiger partial charge in [0.2, 0.25) is 0 Å². The van der Waals surface area contributed by atoms with E-state index in [-0.39, 0.29) is 0 Å². The van der Waals surface area contributed by atoms with Crippen molar-refractivity contribution in [2.75, 3.05) is 7.05 Å². The molecule has 0 aliphatic carbocycles. The van der Waals surface area contributed by atoms with Crippen LogP contribution >= 0.6 is 0 Å². The first kappa shape index (κ1) is 10.9. The van der Waals surface area contributed by atoms with E-state index in [4.69, 9.17) is 15.4 Å². The van der Waals surface area contributed by atoms with Crippen LogP contribution < -0.4 is 0 Å². The standard InChI is InChI=1S/C6H11NO5/c1-6(5(10)11,7(2)12)3-4(8)9/h12H,3H2,1-2H3,(H,8,9)(H,10,11)/t6-/m0/s1. The highest BCUT2D eigenvalue weighted by Crippen LogP contribution is 2.16. The van der Waals surface area contributed by atoms with Crippen LogP contribution in [0.25, 0.3) is 0 Å². The van der Waals surface area contributed by atoms with E-state index < -0.39 is 23.9 Å². The Morgan fingerprint density at radius 2 is 1.83 bits per heavy atom. The van der Waals surface area contributed by atoms with Gasteiger partial charge in [0.1, 0.15) is 5.54 Å². The third-order valence-corrected chi connectivity index (χ3v) is 1.67. The van der Waals surface area contributed by atoms with Crippen molar-refractivity contribution in [3.63, 3.8) is 0 Å². The van der Waals surface area contributed by atoms with Crippen LogP contribution in [0.2, 0.25) is 0 Å². The van der Waals surface area contributed by atoms with Crippen LogP contribution in [0.1, 0.15) is 13.3 Å². The SMILES string of the molecule is CN(O)[C@@](C)(CC(=O)O)C(=O)O. The number of rotatable bonds is 4. The highest BCUT2D eigenvalue weighted by molar-refractivity contribution is 5.84. The van der Waals surface area contributed by atoms with Crippen molar-refractivity contribution < 1.29 is 25.0 Å². The van der Waals surface area contributed by atoms with Gasteiger partial charge in [-0.3, -0.25) is 9.59 Å². The van der Waals surface area contributed by atoms with Crippen LogP contribution in [0.3, 0.4) is 0 Å². The van der Waals surface area contributed by atoms with Gasteiger partial charge in [-0.05, 0) is 6.92 Å². The maximum atomic E-state index is 10.5. The second kappa shape index (κ2) is 3.51. The number of carboxylic acid groups (broad SMARTS) is 2. The molecule has 0 bridgehead atoms. The first-order chi connectivity index (χ1) is 5.30. The van der Waals surface area contributed by atoms with Crippen LogP contribution in [0, 0.1) is 0 Å². The monoisotopic (exact) mass is 177 g/mol. The summed E-state index contributed by atoms with van der Waals surface area (Å²) in [4.78, 5) is 20.8. The molecule has 0 saturated heterocycles. The topological polar surface area (TPSA) is 98.1 Å². The number of nitrogens with zero attached hydrogens (tertiary/aromatic N) is 1. The van der Waals surface area contributed by atoms with Crippen molar-refractivity contribution in [3.05, 3.63) is 0 Å². The van der Waals surface area contributed by atoms with Crippen molar-refractivity contribution in [2.24, 2.45) is 0 Å². The Kier molecular flexibility index (Phi) is 3.17. The van der Waals surface area contributed by atoms with E-state index in [0.717, 1.165) is 14.0 Å². The number of carbonyl (C=O) groups is 2. The van der Waals surface area contributed by atoms with Gasteiger partial charge in [0, 0.05) is 7.05 Å². The highest BCUT2D eigenvalue weighted by Gasteiger charge is 2.39. The highest BCUT2D eigenvalue weighted by atomic mass is 16.5. The van der Waals surface area contributed by atoms with E-state index in [1.807, 2.05) is 0 Å². The molecule has 0 fully saturated rings. The van der Waals surface area contributed by atoms with E-state index in [2.05, 4.69) is 0 Å². The number of hydroxylamine groups is 2. The zero-order valence-corrected chi connectivity index (χ0v) is 6.81. The molecule has 0 radical (unpaired) electrons. The normalized spacial score (nSPS) is 15.7. The lowest BCUT2D eigenvalue weighted by Crippen LogP contribution is -2.50. The van der Waals surface area contributed by atoms with Gasteiger partial charge in [0.05, 0.1) is 6.42 Å². The molecule has 0 amide bonds. The second-order valence-electron chi connectivity index (χ2n) is 2.67. The Balaban J connectivity index is 4.62. The van der Waals surface area contributed by atoms with E-state index >= 15 is 0 Å². The first-order valence-corrected chi connectivity index (χ1v) is 3.18. The van der Waals surface area contributed by atoms with Gasteiger partial charge in [-0.1, -0.05) is 0 Å². The molecular formula is C6H11NO5. The third-order valence-electron chi connectivity index (χ3n) is 1.67. The fraction of sp³-hybridized carbons (Fsp3) is 0.667. The van der Waals surface area contributed by atoms with Crippen molar-refractivity contribution in [1.82, 2.24) is 5.06 Å². The van der Waals surface area contributed by atoms with Crippen molar-refractivity contribution >= 4 is 11.9 Å². The Morgan fingerprint density at radius 3 is 1.92 bits per heavy atom. The van der Waals surface area contributed by atoms with Crippen molar-refractivity contribution in [1.29, 1.82) is 0 Å². The van der Waals surface area contributed by atoms with E-state index in [9.17, 15) is 9.59 Å². The first-order valence-electron chi connectivity index (χ1n) is 3.18. The fourth-order valence-electron chi connectivity index (χ4n) is 0.623. The summed E-state index contributed by atoms with van der Waals surface area (Å²) in [6, 6.07) is 0. The molecule has 6 nitrogen and oxygen atoms in total. The predicted molar refractivity (Wildman–Crippen MR) is 37.8 cm³/mol. The molecule has 0 aromatic heterocycles.